The van der Waals surface area contributed by atoms with Crippen molar-refractivity contribution >= 4 is 17.5 Å². The highest BCUT2D eigenvalue weighted by Crippen LogP contribution is 2.36. The molecule has 1 N–H and O–H groups in total. The zero-order chi connectivity index (χ0) is 17.0. The van der Waals surface area contributed by atoms with E-state index in [0.717, 1.165) is 0 Å². The number of hydrogen-bond donors (Lipinski definition) is 1. The first-order valence-corrected chi connectivity index (χ1v) is 6.03. The van der Waals surface area contributed by atoms with Crippen molar-refractivity contribution < 1.29 is 27.6 Å². The van der Waals surface area contributed by atoms with Crippen LogP contribution in [0.2, 0.25) is 0 Å². The Hall–Kier alpha value is -3.17. The Morgan fingerprint density at radius 2 is 1.91 bits per heavy atom. The third-order valence-electron chi connectivity index (χ3n) is 2.56. The number of nitrogens with one attached hydrogen (secondary N) is 1. The van der Waals surface area contributed by atoms with Gasteiger partial charge in [-0.15, -0.1) is 0 Å². The first-order chi connectivity index (χ1) is 10.8. The van der Waals surface area contributed by atoms with Crippen LogP contribution in [0.3, 0.4) is 0 Å². The molecule has 0 aliphatic carbocycles. The second-order valence-corrected chi connectivity index (χ2v) is 4.18. The number of alkyl halides is 3. The molecule has 10 heteroatoms. The molecule has 1 amide bonds. The van der Waals surface area contributed by atoms with E-state index in [2.05, 4.69) is 15.0 Å². The molecule has 1 aromatic carbocycles. The maximum atomic E-state index is 12.9. The smallest absolute Gasteiger partial charge is 0.390 e. The number of anilines is 1. The second kappa shape index (κ2) is 6.30. The second-order valence-electron chi connectivity index (χ2n) is 4.18. The Morgan fingerprint density at radius 3 is 2.48 bits per heavy atom. The lowest BCUT2D eigenvalue weighted by molar-refractivity contribution is -0.385. The number of carbonyl (C=O) groups is 1. The van der Waals surface area contributed by atoms with E-state index in [1.807, 2.05) is 0 Å². The third-order valence-corrected chi connectivity index (χ3v) is 2.56. The average molecular weight is 327 g/mol. The van der Waals surface area contributed by atoms with Crippen molar-refractivity contribution in [2.75, 3.05) is 5.32 Å². The van der Waals surface area contributed by atoms with E-state index in [4.69, 9.17) is 0 Å². The van der Waals surface area contributed by atoms with Gasteiger partial charge in [-0.2, -0.15) is 13.2 Å². The molecule has 2 aromatic rings. The van der Waals surface area contributed by atoms with Crippen molar-refractivity contribution in [3.63, 3.8) is 0 Å². The van der Waals surface area contributed by atoms with Gasteiger partial charge in [0.05, 0.1) is 4.92 Å². The number of para-hydroxylation sites is 1. The van der Waals surface area contributed by atoms with Crippen LogP contribution in [-0.4, -0.2) is 16.0 Å². The average Bonchev–Trinajstić information content (AvgIpc) is 2.47. The fourth-order valence-electron chi connectivity index (χ4n) is 1.58. The summed E-state index contributed by atoms with van der Waals surface area (Å²) in [6.07, 6.45) is -5.61. The molecule has 0 radical (unpaired) electrons. The predicted molar refractivity (Wildman–Crippen MR) is 72.0 cm³/mol. The van der Waals surface area contributed by atoms with Crippen molar-refractivity contribution in [1.29, 1.82) is 0 Å². The number of aromatic nitrogens is 1. The first kappa shape index (κ1) is 16.2. The Labute approximate surface area is 126 Å². The zero-order valence-electron chi connectivity index (χ0n) is 11.2. The summed E-state index contributed by atoms with van der Waals surface area (Å²) in [5, 5.41) is 12.7. The van der Waals surface area contributed by atoms with Gasteiger partial charge in [-0.1, -0.05) is 18.2 Å². The normalized spacial score (nSPS) is 10.9. The van der Waals surface area contributed by atoms with Gasteiger partial charge >= 0.3 is 12.3 Å². The van der Waals surface area contributed by atoms with Crippen molar-refractivity contribution in [2.24, 2.45) is 0 Å². The van der Waals surface area contributed by atoms with Gasteiger partial charge in [0.15, 0.2) is 0 Å². The molecular weight excluding hydrogens is 319 g/mol. The van der Waals surface area contributed by atoms with Crippen LogP contribution in [-0.2, 0) is 6.18 Å². The lowest BCUT2D eigenvalue weighted by Crippen LogP contribution is -2.20. The highest BCUT2D eigenvalue weighted by molar-refractivity contribution is 5.86. The molecular formula is C13H8F3N3O4. The van der Waals surface area contributed by atoms with E-state index >= 15 is 0 Å². The van der Waals surface area contributed by atoms with Gasteiger partial charge in [-0.25, -0.2) is 9.78 Å². The molecule has 0 fully saturated rings. The molecule has 23 heavy (non-hydrogen) atoms. The number of benzene rings is 1. The molecule has 0 atom stereocenters. The fourth-order valence-corrected chi connectivity index (χ4v) is 1.58. The predicted octanol–water partition coefficient (Wildman–Crippen LogP) is 3.62. The van der Waals surface area contributed by atoms with Gasteiger partial charge in [0.1, 0.15) is 11.8 Å². The van der Waals surface area contributed by atoms with Crippen molar-refractivity contribution in [2.45, 2.75) is 6.18 Å². The minimum Gasteiger partial charge on any atom is -0.390 e. The minimum atomic E-state index is -4.97. The SMILES string of the molecule is O=C(Nc1ccccc1)Oc1ncc([N+](=O)[O-])cc1C(F)(F)F. The quantitative estimate of drug-likeness (QED) is 0.686. The Bertz CT molecular complexity index is 735. The van der Waals surface area contributed by atoms with E-state index in [9.17, 15) is 28.1 Å². The molecule has 0 aliphatic heterocycles. The molecule has 0 aliphatic rings. The van der Waals surface area contributed by atoms with Crippen LogP contribution in [0.25, 0.3) is 0 Å². The molecule has 2 rings (SSSR count). The number of amides is 1. The third kappa shape index (κ3) is 4.15. The maximum absolute atomic E-state index is 12.9. The summed E-state index contributed by atoms with van der Waals surface area (Å²) < 4.78 is 43.2. The number of hydrogen-bond acceptors (Lipinski definition) is 5. The Balaban J connectivity index is 2.25. The summed E-state index contributed by atoms with van der Waals surface area (Å²) in [5.41, 5.74) is -2.09. The molecule has 1 heterocycles. The summed E-state index contributed by atoms with van der Waals surface area (Å²) in [5.74, 6) is -1.07. The van der Waals surface area contributed by atoms with Gasteiger partial charge in [-0.05, 0) is 12.1 Å². The summed E-state index contributed by atoms with van der Waals surface area (Å²) in [6.45, 7) is 0. The van der Waals surface area contributed by atoms with Gasteiger partial charge in [0.25, 0.3) is 5.69 Å². The molecule has 120 valence electrons. The molecule has 7 nitrogen and oxygen atoms in total. The van der Waals surface area contributed by atoms with Crippen LogP contribution in [0.4, 0.5) is 29.3 Å². The fraction of sp³-hybridized carbons (Fsp3) is 0.0769. The van der Waals surface area contributed by atoms with E-state index < -0.39 is 34.3 Å². The van der Waals surface area contributed by atoms with Crippen molar-refractivity contribution in [3.05, 3.63) is 58.3 Å². The highest BCUT2D eigenvalue weighted by atomic mass is 19.4. The molecule has 1 aromatic heterocycles. The minimum absolute atomic E-state index is 0.248. The van der Waals surface area contributed by atoms with Crippen molar-refractivity contribution in [1.82, 2.24) is 4.98 Å². The molecule has 0 saturated carbocycles. The van der Waals surface area contributed by atoms with Crippen LogP contribution in [0.1, 0.15) is 5.56 Å². The van der Waals surface area contributed by atoms with Gasteiger partial charge in [0, 0.05) is 11.8 Å². The van der Waals surface area contributed by atoms with Gasteiger partial charge in [-0.3, -0.25) is 15.4 Å². The van der Waals surface area contributed by atoms with Crippen LogP contribution in [0.5, 0.6) is 5.88 Å². The first-order valence-electron chi connectivity index (χ1n) is 6.03. The lowest BCUT2D eigenvalue weighted by atomic mass is 10.2. The van der Waals surface area contributed by atoms with Crippen LogP contribution in [0.15, 0.2) is 42.6 Å². The van der Waals surface area contributed by atoms with Crippen LogP contribution < -0.4 is 10.1 Å². The standard InChI is InChI=1S/C13H8F3N3O4/c14-13(15,16)10-6-9(19(21)22)7-17-11(10)23-12(20)18-8-4-2-1-3-5-8/h1-7H,(H,18,20). The maximum Gasteiger partial charge on any atom is 0.421 e. The zero-order valence-corrected chi connectivity index (χ0v) is 11.2. The lowest BCUT2D eigenvalue weighted by Gasteiger charge is -2.11. The number of halogens is 3. The van der Waals surface area contributed by atoms with E-state index in [0.29, 0.717) is 11.9 Å². The van der Waals surface area contributed by atoms with Crippen LogP contribution in [0, 0.1) is 10.1 Å². The van der Waals surface area contributed by atoms with E-state index in [1.54, 1.807) is 18.2 Å². The van der Waals surface area contributed by atoms with Gasteiger partial charge < -0.3 is 4.74 Å². The Morgan fingerprint density at radius 1 is 1.26 bits per heavy atom. The van der Waals surface area contributed by atoms with E-state index in [-0.39, 0.29) is 6.07 Å². The molecule has 0 spiro atoms. The molecule has 0 bridgehead atoms. The number of pyridine rings is 1. The van der Waals surface area contributed by atoms with Crippen LogP contribution >= 0.6 is 0 Å². The molecule has 0 saturated heterocycles. The number of rotatable bonds is 3. The number of ether oxygens (including phenoxy) is 1. The highest BCUT2D eigenvalue weighted by Gasteiger charge is 2.37. The monoisotopic (exact) mass is 327 g/mol. The summed E-state index contributed by atoms with van der Waals surface area (Å²) in [7, 11) is 0. The molecule has 0 unspecified atom stereocenters. The largest absolute Gasteiger partial charge is 0.421 e. The van der Waals surface area contributed by atoms with Gasteiger partial charge in [0.2, 0.25) is 5.88 Å². The number of nitro groups is 1. The number of nitrogens with zero attached hydrogens (tertiary/aromatic N) is 2. The van der Waals surface area contributed by atoms with E-state index in [1.165, 1.54) is 12.1 Å². The summed E-state index contributed by atoms with van der Waals surface area (Å²) >= 11 is 0. The topological polar surface area (TPSA) is 94.4 Å². The summed E-state index contributed by atoms with van der Waals surface area (Å²) in [4.78, 5) is 24.3. The van der Waals surface area contributed by atoms with Crippen molar-refractivity contribution in [3.8, 4) is 5.88 Å². The Kier molecular flexibility index (Phi) is 4.44. The number of carbonyl (C=O) groups excluding carboxylic acids is 1. The summed E-state index contributed by atoms with van der Waals surface area (Å²) in [6, 6.07) is 8.11.